The third-order valence-electron chi connectivity index (χ3n) is 7.08. The Labute approximate surface area is 195 Å². The van der Waals surface area contributed by atoms with Gasteiger partial charge < -0.3 is 10.2 Å². The third-order valence-corrected chi connectivity index (χ3v) is 7.08. The van der Waals surface area contributed by atoms with Crippen LogP contribution in [0.15, 0.2) is 30.5 Å². The van der Waals surface area contributed by atoms with Gasteiger partial charge in [0.05, 0.1) is 11.6 Å². The summed E-state index contributed by atoms with van der Waals surface area (Å²) in [6, 6.07) is 12.2. The van der Waals surface area contributed by atoms with Gasteiger partial charge in [-0.25, -0.2) is 4.98 Å². The number of nitrogens with zero attached hydrogens (tertiary/aromatic N) is 6. The maximum Gasteiger partial charge on any atom is 0.153 e. The van der Waals surface area contributed by atoms with E-state index in [9.17, 15) is 0 Å². The van der Waals surface area contributed by atoms with E-state index in [0.29, 0.717) is 30.6 Å². The van der Waals surface area contributed by atoms with Gasteiger partial charge in [-0.05, 0) is 58.6 Å². The van der Waals surface area contributed by atoms with Crippen LogP contribution in [0.5, 0.6) is 0 Å². The van der Waals surface area contributed by atoms with Gasteiger partial charge in [0.1, 0.15) is 11.6 Å². The minimum atomic E-state index is 0.304. The number of H-pyrrole nitrogens is 1. The molecule has 8 nitrogen and oxygen atoms in total. The van der Waals surface area contributed by atoms with Crippen LogP contribution in [0.4, 0.5) is 17.5 Å². The largest absolute Gasteiger partial charge is 0.350 e. The lowest BCUT2D eigenvalue weighted by Gasteiger charge is -2.45. The first kappa shape index (κ1) is 21.7. The highest BCUT2D eigenvalue weighted by Gasteiger charge is 2.43. The van der Waals surface area contributed by atoms with Crippen molar-refractivity contribution < 1.29 is 0 Å². The Morgan fingerprint density at radius 2 is 2.03 bits per heavy atom. The fraction of sp³-hybridized carbons (Fsp3) is 0.520. The van der Waals surface area contributed by atoms with Gasteiger partial charge in [0.15, 0.2) is 5.82 Å². The lowest BCUT2D eigenvalue weighted by atomic mass is 9.94. The van der Waals surface area contributed by atoms with Gasteiger partial charge >= 0.3 is 0 Å². The summed E-state index contributed by atoms with van der Waals surface area (Å²) < 4.78 is 0. The van der Waals surface area contributed by atoms with Crippen LogP contribution in [0.1, 0.15) is 51.6 Å². The van der Waals surface area contributed by atoms with Crippen LogP contribution in [0.3, 0.4) is 0 Å². The standard InChI is InChI=1S/C25H32N8/c1-16(2)33(20-13-18-7-8-19(14-20)32(18)11-5-9-26)25-21-6-4-10-27-22(21)15-23(29-25)28-24-12-17(3)30-31-24/h4,6,10,12,15-16,18-20H,5,7-8,11,13-14H2,1-3H3,(H2,28,29,30,31)/t18-,19+,20?. The molecule has 2 aliphatic heterocycles. The second-order valence-corrected chi connectivity index (χ2v) is 9.62. The van der Waals surface area contributed by atoms with Crippen molar-refractivity contribution in [1.82, 2.24) is 25.1 Å². The molecule has 2 N–H and O–H groups in total. The van der Waals surface area contributed by atoms with Gasteiger partial charge in [-0.1, -0.05) is 0 Å². The Morgan fingerprint density at radius 1 is 1.24 bits per heavy atom. The van der Waals surface area contributed by atoms with Gasteiger partial charge in [0.25, 0.3) is 0 Å². The van der Waals surface area contributed by atoms with E-state index in [1.165, 1.54) is 12.8 Å². The molecule has 0 amide bonds. The molecule has 3 aromatic heterocycles. The third kappa shape index (κ3) is 4.25. The van der Waals surface area contributed by atoms with Gasteiger partial charge in [-0.15, -0.1) is 0 Å². The summed E-state index contributed by atoms with van der Waals surface area (Å²) in [5.41, 5.74) is 1.93. The van der Waals surface area contributed by atoms with Gasteiger partial charge in [0, 0.05) is 66.5 Å². The van der Waals surface area contributed by atoms with Crippen LogP contribution >= 0.6 is 0 Å². The average Bonchev–Trinajstić information content (AvgIpc) is 3.30. The minimum absolute atomic E-state index is 0.304. The van der Waals surface area contributed by atoms with E-state index < -0.39 is 0 Å². The van der Waals surface area contributed by atoms with E-state index in [0.717, 1.165) is 53.4 Å². The normalized spacial score (nSPS) is 22.6. The fourth-order valence-corrected chi connectivity index (χ4v) is 5.79. The predicted molar refractivity (Wildman–Crippen MR) is 131 cm³/mol. The molecule has 3 aromatic rings. The topological polar surface area (TPSA) is 96.8 Å². The van der Waals surface area contributed by atoms with Crippen LogP contribution in [0.25, 0.3) is 10.9 Å². The summed E-state index contributed by atoms with van der Waals surface area (Å²) >= 11 is 0. The number of pyridine rings is 2. The second kappa shape index (κ2) is 8.99. The van der Waals surface area contributed by atoms with E-state index in [4.69, 9.17) is 10.2 Å². The Morgan fingerprint density at radius 3 is 2.70 bits per heavy atom. The van der Waals surface area contributed by atoms with Gasteiger partial charge in [0.2, 0.25) is 0 Å². The molecule has 3 atom stereocenters. The Hall–Kier alpha value is -3.18. The van der Waals surface area contributed by atoms with Crippen molar-refractivity contribution in [1.29, 1.82) is 5.26 Å². The molecule has 2 fully saturated rings. The number of nitrogens with one attached hydrogen (secondary N) is 2. The Kier molecular flexibility index (Phi) is 5.90. The zero-order valence-corrected chi connectivity index (χ0v) is 19.6. The average molecular weight is 445 g/mol. The molecule has 2 aliphatic rings. The molecule has 2 saturated heterocycles. The van der Waals surface area contributed by atoms with Crippen LogP contribution in [0.2, 0.25) is 0 Å². The van der Waals surface area contributed by atoms with Crippen LogP contribution in [-0.4, -0.2) is 55.8 Å². The van der Waals surface area contributed by atoms with Gasteiger partial charge in [-0.3, -0.25) is 15.0 Å². The van der Waals surface area contributed by atoms with E-state index in [1.54, 1.807) is 0 Å². The van der Waals surface area contributed by atoms with Crippen molar-refractivity contribution in [2.75, 3.05) is 16.8 Å². The smallest absolute Gasteiger partial charge is 0.153 e. The monoisotopic (exact) mass is 444 g/mol. The van der Waals surface area contributed by atoms with Crippen molar-refractivity contribution >= 4 is 28.4 Å². The Bertz CT molecular complexity index is 1150. The lowest BCUT2D eigenvalue weighted by molar-refractivity contribution is 0.126. The minimum Gasteiger partial charge on any atom is -0.350 e. The molecular weight excluding hydrogens is 412 g/mol. The highest BCUT2D eigenvalue weighted by Crippen LogP contribution is 2.40. The first-order valence-corrected chi connectivity index (χ1v) is 12.0. The highest BCUT2D eigenvalue weighted by atomic mass is 15.3. The second-order valence-electron chi connectivity index (χ2n) is 9.62. The molecule has 0 radical (unpaired) electrons. The van der Waals surface area contributed by atoms with E-state index in [1.807, 2.05) is 31.3 Å². The quantitative estimate of drug-likeness (QED) is 0.553. The maximum absolute atomic E-state index is 9.07. The highest BCUT2D eigenvalue weighted by molar-refractivity contribution is 5.92. The molecule has 5 heterocycles. The number of nitriles is 1. The van der Waals surface area contributed by atoms with Crippen molar-refractivity contribution in [3.8, 4) is 6.07 Å². The summed E-state index contributed by atoms with van der Waals surface area (Å²) in [6.07, 6.45) is 7.13. The maximum atomic E-state index is 9.07. The summed E-state index contributed by atoms with van der Waals surface area (Å²) in [7, 11) is 0. The van der Waals surface area contributed by atoms with Crippen LogP contribution in [0, 0.1) is 18.3 Å². The first-order chi connectivity index (χ1) is 16.0. The number of anilines is 3. The zero-order chi connectivity index (χ0) is 22.9. The number of hydrogen-bond donors (Lipinski definition) is 2. The number of aromatic nitrogens is 4. The predicted octanol–water partition coefficient (Wildman–Crippen LogP) is 4.53. The molecule has 0 spiro atoms. The van der Waals surface area contributed by atoms with Crippen LogP contribution in [-0.2, 0) is 0 Å². The van der Waals surface area contributed by atoms with Crippen LogP contribution < -0.4 is 10.2 Å². The van der Waals surface area contributed by atoms with Crippen molar-refractivity contribution in [2.24, 2.45) is 0 Å². The molecule has 172 valence electrons. The van der Waals surface area contributed by atoms with Gasteiger partial charge in [-0.2, -0.15) is 10.4 Å². The first-order valence-electron chi connectivity index (χ1n) is 12.0. The summed E-state index contributed by atoms with van der Waals surface area (Å²) in [5.74, 6) is 2.49. The molecule has 0 saturated carbocycles. The summed E-state index contributed by atoms with van der Waals surface area (Å²) in [6.45, 7) is 7.39. The molecule has 0 aromatic carbocycles. The number of fused-ring (bicyclic) bond motifs is 3. The number of aryl methyl sites for hydroxylation is 1. The molecular formula is C25H32N8. The lowest BCUT2D eigenvalue weighted by Crippen LogP contribution is -2.52. The van der Waals surface area contributed by atoms with Crippen molar-refractivity contribution in [2.45, 2.75) is 77.0 Å². The summed E-state index contributed by atoms with van der Waals surface area (Å²) in [5, 5.41) is 20.8. The number of piperidine rings is 1. The van der Waals surface area contributed by atoms with Crippen molar-refractivity contribution in [3.63, 3.8) is 0 Å². The van der Waals surface area contributed by atoms with E-state index in [-0.39, 0.29) is 0 Å². The molecule has 33 heavy (non-hydrogen) atoms. The van der Waals surface area contributed by atoms with Crippen molar-refractivity contribution in [3.05, 3.63) is 36.2 Å². The number of hydrogen-bond acceptors (Lipinski definition) is 7. The summed E-state index contributed by atoms with van der Waals surface area (Å²) in [4.78, 5) is 14.9. The molecule has 1 unspecified atom stereocenters. The molecule has 0 aliphatic carbocycles. The fourth-order valence-electron chi connectivity index (χ4n) is 5.79. The van der Waals surface area contributed by atoms with E-state index >= 15 is 0 Å². The number of aromatic amines is 1. The zero-order valence-electron chi connectivity index (χ0n) is 19.6. The Balaban J connectivity index is 1.50. The molecule has 2 bridgehead atoms. The molecule has 5 rings (SSSR count). The number of rotatable bonds is 7. The SMILES string of the molecule is Cc1cc(Nc2cc3ncccc3c(N(C(C)C)C3C[C@H]4CC[C@@H](C3)N4CCC#N)n2)n[nH]1. The van der Waals surface area contributed by atoms with E-state index in [2.05, 4.69) is 56.3 Å². The molecule has 8 heteroatoms.